The molecule has 0 atom stereocenters. The van der Waals surface area contributed by atoms with E-state index in [1.54, 1.807) is 0 Å². The van der Waals surface area contributed by atoms with Gasteiger partial charge in [-0.05, 0) is 95.3 Å². The predicted octanol–water partition coefficient (Wildman–Crippen LogP) is 12.2. The Morgan fingerprint density at radius 2 is 1.02 bits per heavy atom. The second kappa shape index (κ2) is 10.3. The predicted molar refractivity (Wildman–Crippen MR) is 190 cm³/mol. The monoisotopic (exact) mass is 591 g/mol. The smallest absolute Gasteiger partial charge is 0.147 e. The Morgan fingerprint density at radius 1 is 0.435 bits per heavy atom. The largest absolute Gasteiger partial charge is 0.455 e. The van der Waals surface area contributed by atoms with Crippen LogP contribution in [0, 0.1) is 13.8 Å². The molecule has 9 aromatic rings. The Kier molecular flexibility index (Phi) is 5.94. The number of hydrogen-bond acceptors (Lipinski definition) is 3. The van der Waals surface area contributed by atoms with Gasteiger partial charge in [-0.1, -0.05) is 91.0 Å². The molecule has 218 valence electrons. The molecule has 0 saturated carbocycles. The third-order valence-corrected chi connectivity index (χ3v) is 9.23. The normalized spacial score (nSPS) is 11.7. The number of furan rings is 2. The minimum atomic E-state index is 0.813. The van der Waals surface area contributed by atoms with Crippen LogP contribution in [0.2, 0.25) is 0 Å². The highest BCUT2D eigenvalue weighted by Crippen LogP contribution is 2.46. The summed E-state index contributed by atoms with van der Waals surface area (Å²) >= 11 is 0. The van der Waals surface area contributed by atoms with Crippen molar-refractivity contribution < 1.29 is 8.83 Å². The zero-order valence-electron chi connectivity index (χ0n) is 25.5. The van der Waals surface area contributed by atoms with E-state index < -0.39 is 0 Å². The average Bonchev–Trinajstić information content (AvgIpc) is 3.66. The zero-order chi connectivity index (χ0) is 30.8. The summed E-state index contributed by atoms with van der Waals surface area (Å²) in [4.78, 5) is 4.72. The van der Waals surface area contributed by atoms with Crippen LogP contribution in [0.1, 0.15) is 11.1 Å². The Hall–Kier alpha value is -5.93. The first-order valence-electron chi connectivity index (χ1n) is 15.6. The second-order valence-corrected chi connectivity index (χ2v) is 12.1. The van der Waals surface area contributed by atoms with Crippen molar-refractivity contribution in [2.75, 3.05) is 0 Å². The molecule has 3 nitrogen and oxygen atoms in total. The number of fused-ring (bicyclic) bond motifs is 7. The summed E-state index contributed by atoms with van der Waals surface area (Å²) in [6.45, 7) is 4.31. The summed E-state index contributed by atoms with van der Waals surface area (Å²) in [5.74, 6) is 0. The van der Waals surface area contributed by atoms with E-state index in [4.69, 9.17) is 13.8 Å². The van der Waals surface area contributed by atoms with Crippen molar-refractivity contribution in [2.45, 2.75) is 13.8 Å². The van der Waals surface area contributed by atoms with Crippen molar-refractivity contribution in [1.29, 1.82) is 0 Å². The fraction of sp³-hybridized carbons (Fsp3) is 0.0465. The molecule has 0 bridgehead atoms. The van der Waals surface area contributed by atoms with Gasteiger partial charge in [-0.25, -0.2) is 0 Å². The fourth-order valence-electron chi connectivity index (χ4n) is 6.88. The molecule has 0 fully saturated rings. The maximum atomic E-state index is 6.74. The lowest BCUT2D eigenvalue weighted by atomic mass is 9.95. The van der Waals surface area contributed by atoms with Crippen molar-refractivity contribution in [1.82, 2.24) is 4.98 Å². The van der Waals surface area contributed by atoms with Crippen LogP contribution >= 0.6 is 0 Å². The Labute approximate surface area is 266 Å². The lowest BCUT2D eigenvalue weighted by molar-refractivity contribution is 0.663. The summed E-state index contributed by atoms with van der Waals surface area (Å²) < 4.78 is 13.5. The molecule has 0 aliphatic carbocycles. The number of aromatic nitrogens is 1. The summed E-state index contributed by atoms with van der Waals surface area (Å²) in [7, 11) is 0. The van der Waals surface area contributed by atoms with Crippen molar-refractivity contribution in [3.63, 3.8) is 0 Å². The van der Waals surface area contributed by atoms with Gasteiger partial charge in [0.1, 0.15) is 22.3 Å². The number of rotatable bonds is 4. The first-order chi connectivity index (χ1) is 22.6. The van der Waals surface area contributed by atoms with Gasteiger partial charge in [0.15, 0.2) is 0 Å². The van der Waals surface area contributed by atoms with Gasteiger partial charge in [-0.15, -0.1) is 0 Å². The molecular weight excluding hydrogens is 562 g/mol. The Bertz CT molecular complexity index is 2610. The van der Waals surface area contributed by atoms with Crippen LogP contribution in [0.4, 0.5) is 0 Å². The van der Waals surface area contributed by atoms with Crippen LogP contribution in [0.3, 0.4) is 0 Å². The van der Waals surface area contributed by atoms with Gasteiger partial charge in [0.05, 0.1) is 11.1 Å². The summed E-state index contributed by atoms with van der Waals surface area (Å²) in [5.41, 5.74) is 14.6. The van der Waals surface area contributed by atoms with Gasteiger partial charge in [-0.2, -0.15) is 0 Å². The van der Waals surface area contributed by atoms with Gasteiger partial charge in [0, 0.05) is 33.5 Å². The standard InChI is InChI=1S/C43H29NO2/c1-26-10-6-8-14-32(26)29-16-18-39-35(22-29)36-25-34(31-20-21-44-38(24-31)28-12-4-3-5-13-28)42-41(43(36)45-39)37-23-30(17-19-40(37)46-42)33-15-9-7-11-27(33)2/h3-25H,1-2H3. The molecule has 0 amide bonds. The SMILES string of the molecule is Cc1ccccc1-c1ccc2oc3c(cc(-c4ccnc(-c5ccccc5)c4)c4oc5ccc(-c6ccccc6C)cc5c43)c2c1. The van der Waals surface area contributed by atoms with Gasteiger partial charge in [0.2, 0.25) is 0 Å². The maximum Gasteiger partial charge on any atom is 0.147 e. The molecule has 3 heterocycles. The van der Waals surface area contributed by atoms with E-state index in [2.05, 4.69) is 129 Å². The molecule has 46 heavy (non-hydrogen) atoms. The maximum absolute atomic E-state index is 6.74. The van der Waals surface area contributed by atoms with Gasteiger partial charge >= 0.3 is 0 Å². The number of pyridine rings is 1. The molecule has 9 rings (SSSR count). The summed E-state index contributed by atoms with van der Waals surface area (Å²) in [6, 6.07) is 46.8. The van der Waals surface area contributed by atoms with E-state index in [0.717, 1.165) is 71.8 Å². The zero-order valence-corrected chi connectivity index (χ0v) is 25.5. The van der Waals surface area contributed by atoms with E-state index in [9.17, 15) is 0 Å². The van der Waals surface area contributed by atoms with Crippen LogP contribution in [-0.4, -0.2) is 4.98 Å². The van der Waals surface area contributed by atoms with Crippen molar-refractivity contribution >= 4 is 43.9 Å². The first kappa shape index (κ1) is 26.5. The molecule has 0 aliphatic heterocycles. The molecule has 3 aromatic heterocycles. The third-order valence-electron chi connectivity index (χ3n) is 9.23. The van der Waals surface area contributed by atoms with Crippen LogP contribution < -0.4 is 0 Å². The highest BCUT2D eigenvalue weighted by Gasteiger charge is 2.22. The molecule has 6 aromatic carbocycles. The second-order valence-electron chi connectivity index (χ2n) is 12.1. The molecule has 0 N–H and O–H groups in total. The molecule has 0 spiro atoms. The van der Waals surface area contributed by atoms with E-state index in [-0.39, 0.29) is 0 Å². The Morgan fingerprint density at radius 3 is 1.72 bits per heavy atom. The minimum absolute atomic E-state index is 0.813. The van der Waals surface area contributed by atoms with Crippen LogP contribution in [0.5, 0.6) is 0 Å². The van der Waals surface area contributed by atoms with E-state index >= 15 is 0 Å². The fourth-order valence-corrected chi connectivity index (χ4v) is 6.88. The van der Waals surface area contributed by atoms with E-state index in [1.165, 1.54) is 27.8 Å². The van der Waals surface area contributed by atoms with Gasteiger partial charge in [0.25, 0.3) is 0 Å². The number of aryl methyl sites for hydroxylation is 2. The molecular formula is C43H29NO2. The lowest BCUT2D eigenvalue weighted by Gasteiger charge is -2.08. The molecule has 0 unspecified atom stereocenters. The molecule has 3 heteroatoms. The topological polar surface area (TPSA) is 39.2 Å². The first-order valence-corrected chi connectivity index (χ1v) is 15.6. The summed E-state index contributed by atoms with van der Waals surface area (Å²) in [5, 5.41) is 4.18. The van der Waals surface area contributed by atoms with Crippen LogP contribution in [0.25, 0.3) is 88.5 Å². The van der Waals surface area contributed by atoms with Gasteiger partial charge < -0.3 is 8.83 Å². The van der Waals surface area contributed by atoms with E-state index in [0.29, 0.717) is 0 Å². The summed E-state index contributed by atoms with van der Waals surface area (Å²) in [6.07, 6.45) is 1.89. The Balaban J connectivity index is 1.37. The highest BCUT2D eigenvalue weighted by molar-refractivity contribution is 6.25. The molecule has 0 aliphatic rings. The van der Waals surface area contributed by atoms with E-state index in [1.807, 2.05) is 24.4 Å². The van der Waals surface area contributed by atoms with Crippen molar-refractivity contribution in [3.8, 4) is 44.6 Å². The lowest BCUT2D eigenvalue weighted by Crippen LogP contribution is -1.86. The molecule has 0 saturated heterocycles. The quantitative estimate of drug-likeness (QED) is 0.204. The number of benzene rings is 6. The van der Waals surface area contributed by atoms with Crippen molar-refractivity contribution in [2.24, 2.45) is 0 Å². The number of hydrogen-bond donors (Lipinski definition) is 0. The van der Waals surface area contributed by atoms with Crippen LogP contribution in [0.15, 0.2) is 148 Å². The van der Waals surface area contributed by atoms with Gasteiger partial charge in [-0.3, -0.25) is 4.98 Å². The van der Waals surface area contributed by atoms with Crippen LogP contribution in [-0.2, 0) is 0 Å². The average molecular weight is 592 g/mol. The minimum Gasteiger partial charge on any atom is -0.455 e. The van der Waals surface area contributed by atoms with Crippen molar-refractivity contribution in [3.05, 3.63) is 151 Å². The molecule has 0 radical (unpaired) electrons. The number of nitrogens with zero attached hydrogens (tertiary/aromatic N) is 1. The third kappa shape index (κ3) is 4.17. The highest BCUT2D eigenvalue weighted by atomic mass is 16.3.